The zero-order chi connectivity index (χ0) is 24.2. The highest BCUT2D eigenvalue weighted by molar-refractivity contribution is 5.75. The van der Waals surface area contributed by atoms with Gasteiger partial charge in [-0.25, -0.2) is 0 Å². The number of aryl methyl sites for hydroxylation is 1. The minimum Gasteiger partial charge on any atom is -0.191 e. The molecule has 0 fully saturated rings. The monoisotopic (exact) mass is 464 g/mol. The largest absolute Gasteiger partial charge is 0.213 e. The molecule has 4 heterocycles. The Morgan fingerprint density at radius 1 is 0.639 bits per heavy atom. The maximum absolute atomic E-state index is 4.33. The summed E-state index contributed by atoms with van der Waals surface area (Å²) in [5, 5.41) is 0. The van der Waals surface area contributed by atoms with Crippen LogP contribution in [0.1, 0.15) is 34.7 Å². The van der Waals surface area contributed by atoms with Crippen molar-refractivity contribution in [2.24, 2.45) is 0 Å². The van der Waals surface area contributed by atoms with E-state index in [1.165, 1.54) is 50.3 Å². The van der Waals surface area contributed by atoms with E-state index in [-0.39, 0.29) is 18.0 Å². The molecule has 2 nitrogen and oxygen atoms in total. The molecule has 0 spiro atoms. The van der Waals surface area contributed by atoms with Gasteiger partial charge in [0.05, 0.1) is 11.1 Å². The van der Waals surface area contributed by atoms with Crippen LogP contribution in [-0.4, -0.2) is 0 Å². The summed E-state index contributed by atoms with van der Waals surface area (Å²) in [5.41, 5.74) is 11.7. The Labute approximate surface area is 212 Å². The molecule has 0 N–H and O–H groups in total. The molecule has 3 atom stereocenters. The molecule has 7 rings (SSSR count). The first-order valence-corrected chi connectivity index (χ1v) is 12.7. The van der Waals surface area contributed by atoms with Crippen molar-refractivity contribution < 1.29 is 9.13 Å². The summed E-state index contributed by atoms with van der Waals surface area (Å²) in [6.45, 7) is 6.51. The summed E-state index contributed by atoms with van der Waals surface area (Å²) in [4.78, 5) is 0. The molecule has 2 aliphatic heterocycles. The first kappa shape index (κ1) is 21.0. The first-order valence-electron chi connectivity index (χ1n) is 12.7. The fourth-order valence-electron chi connectivity index (χ4n) is 6.38. The zero-order valence-electron chi connectivity index (χ0n) is 20.4. The van der Waals surface area contributed by atoms with Crippen LogP contribution >= 0.6 is 0 Å². The standard InChI is InChI=1S/C34H28N2/c1-3-30-33(27-14-8-7-13-26(27)31-15-9-10-19-35(30)31)34-28-17-16-25(24-11-5-4-6-12-24)22-29(28)32-21-23(2)18-20-36(32)34/h3-22,30,33-34H,1H2,2H3/q+2. The number of rotatable bonds is 3. The summed E-state index contributed by atoms with van der Waals surface area (Å²) < 4.78 is 4.91. The predicted molar refractivity (Wildman–Crippen MR) is 144 cm³/mol. The van der Waals surface area contributed by atoms with E-state index in [0.29, 0.717) is 0 Å². The van der Waals surface area contributed by atoms with E-state index in [0.717, 1.165) is 0 Å². The van der Waals surface area contributed by atoms with Crippen molar-refractivity contribution in [3.8, 4) is 33.6 Å². The topological polar surface area (TPSA) is 7.76 Å². The van der Waals surface area contributed by atoms with Crippen LogP contribution in [-0.2, 0) is 0 Å². The highest BCUT2D eigenvalue weighted by atomic mass is 15.1. The molecule has 2 heteroatoms. The van der Waals surface area contributed by atoms with Gasteiger partial charge in [0.15, 0.2) is 24.5 Å². The fraction of sp³-hybridized carbons (Fsp3) is 0.118. The molecule has 0 bridgehead atoms. The molecule has 5 aromatic rings. The summed E-state index contributed by atoms with van der Waals surface area (Å²) in [7, 11) is 0. The van der Waals surface area contributed by atoms with Crippen molar-refractivity contribution in [3.05, 3.63) is 145 Å². The zero-order valence-corrected chi connectivity index (χ0v) is 20.4. The van der Waals surface area contributed by atoms with Crippen LogP contribution in [0.2, 0.25) is 0 Å². The summed E-state index contributed by atoms with van der Waals surface area (Å²) in [5.74, 6) is 0.217. The number of allylic oxidation sites excluding steroid dienone is 1. The van der Waals surface area contributed by atoms with Gasteiger partial charge in [-0.05, 0) is 53.5 Å². The summed E-state index contributed by atoms with van der Waals surface area (Å²) >= 11 is 0. The van der Waals surface area contributed by atoms with Gasteiger partial charge in [0.25, 0.3) is 0 Å². The number of pyridine rings is 2. The third kappa shape index (κ3) is 3.04. The minimum absolute atomic E-state index is 0.141. The van der Waals surface area contributed by atoms with E-state index >= 15 is 0 Å². The third-order valence-electron chi connectivity index (χ3n) is 7.95. The number of benzene rings is 3. The smallest absolute Gasteiger partial charge is 0.191 e. The molecule has 3 aromatic carbocycles. The van der Waals surface area contributed by atoms with Crippen LogP contribution in [0.4, 0.5) is 0 Å². The third-order valence-corrected chi connectivity index (χ3v) is 7.95. The van der Waals surface area contributed by atoms with E-state index in [4.69, 9.17) is 0 Å². The molecule has 0 radical (unpaired) electrons. The summed E-state index contributed by atoms with van der Waals surface area (Å²) in [6.07, 6.45) is 6.63. The Bertz CT molecular complexity index is 1630. The van der Waals surface area contributed by atoms with Crippen LogP contribution in [0.3, 0.4) is 0 Å². The second-order valence-corrected chi connectivity index (χ2v) is 9.94. The van der Waals surface area contributed by atoms with Gasteiger partial charge in [0, 0.05) is 29.8 Å². The second-order valence-electron chi connectivity index (χ2n) is 9.94. The normalized spacial score (nSPS) is 19.1. The van der Waals surface area contributed by atoms with E-state index in [1.807, 2.05) is 0 Å². The van der Waals surface area contributed by atoms with Gasteiger partial charge in [-0.3, -0.25) is 0 Å². The number of hydrogen-bond acceptors (Lipinski definition) is 0. The Hall–Kier alpha value is -4.30. The Morgan fingerprint density at radius 3 is 2.31 bits per heavy atom. The Morgan fingerprint density at radius 2 is 1.44 bits per heavy atom. The second kappa shape index (κ2) is 8.13. The van der Waals surface area contributed by atoms with Crippen LogP contribution in [0.5, 0.6) is 0 Å². The van der Waals surface area contributed by atoms with Crippen molar-refractivity contribution >= 4 is 0 Å². The predicted octanol–water partition coefficient (Wildman–Crippen LogP) is 7.00. The molecule has 3 unspecified atom stereocenters. The Kier molecular flexibility index (Phi) is 4.75. The first-order chi connectivity index (χ1) is 17.7. The molecule has 2 aliphatic rings. The lowest BCUT2D eigenvalue weighted by atomic mass is 9.76. The van der Waals surface area contributed by atoms with E-state index in [1.54, 1.807) is 0 Å². The molecule has 172 valence electrons. The lowest BCUT2D eigenvalue weighted by Crippen LogP contribution is -2.52. The quantitative estimate of drug-likeness (QED) is 0.201. The van der Waals surface area contributed by atoms with Gasteiger partial charge in [-0.15, -0.1) is 0 Å². The molecular formula is C34H28N2+2. The number of fused-ring (bicyclic) bond motifs is 6. The van der Waals surface area contributed by atoms with E-state index < -0.39 is 0 Å². The fourth-order valence-corrected chi connectivity index (χ4v) is 6.38. The van der Waals surface area contributed by atoms with Crippen molar-refractivity contribution in [1.29, 1.82) is 0 Å². The summed E-state index contributed by atoms with van der Waals surface area (Å²) in [6, 6.07) is 38.0. The molecule has 0 saturated heterocycles. The van der Waals surface area contributed by atoms with Crippen molar-refractivity contribution in [3.63, 3.8) is 0 Å². The van der Waals surface area contributed by atoms with Gasteiger partial charge >= 0.3 is 0 Å². The molecule has 0 amide bonds. The lowest BCUT2D eigenvalue weighted by Gasteiger charge is -2.30. The SMILES string of the molecule is C=CC1C(C2c3ccc(-c4ccccc4)cc3-c3cc(C)cc[n+]32)c2ccccc2-c2cccc[n+]21. The van der Waals surface area contributed by atoms with Crippen molar-refractivity contribution in [2.75, 3.05) is 0 Å². The molecule has 0 aliphatic carbocycles. The van der Waals surface area contributed by atoms with Crippen molar-refractivity contribution in [2.45, 2.75) is 24.9 Å². The molecule has 2 aromatic heterocycles. The lowest BCUT2D eigenvalue weighted by molar-refractivity contribution is -0.739. The molecule has 0 saturated carbocycles. The van der Waals surface area contributed by atoms with Gasteiger partial charge in [0.1, 0.15) is 5.92 Å². The average molecular weight is 465 g/mol. The maximum atomic E-state index is 4.33. The van der Waals surface area contributed by atoms with Crippen molar-refractivity contribution in [1.82, 2.24) is 0 Å². The number of aromatic nitrogens is 2. The minimum atomic E-state index is 0.141. The molecular weight excluding hydrogens is 436 g/mol. The van der Waals surface area contributed by atoms with E-state index in [9.17, 15) is 0 Å². The highest BCUT2D eigenvalue weighted by Gasteiger charge is 2.51. The molecule has 36 heavy (non-hydrogen) atoms. The maximum Gasteiger partial charge on any atom is 0.213 e. The average Bonchev–Trinajstić information content (AvgIpc) is 3.25. The number of hydrogen-bond donors (Lipinski definition) is 0. The van der Waals surface area contributed by atoms with Gasteiger partial charge in [-0.1, -0.05) is 67.2 Å². The van der Waals surface area contributed by atoms with E-state index in [2.05, 4.69) is 144 Å². The van der Waals surface area contributed by atoms with Gasteiger partial charge in [-0.2, -0.15) is 9.13 Å². The Balaban J connectivity index is 1.48. The van der Waals surface area contributed by atoms with Gasteiger partial charge < -0.3 is 0 Å². The number of nitrogens with zero attached hydrogens (tertiary/aromatic N) is 2. The van der Waals surface area contributed by atoms with Crippen LogP contribution in [0.25, 0.3) is 33.6 Å². The van der Waals surface area contributed by atoms with Crippen LogP contribution in [0, 0.1) is 6.92 Å². The van der Waals surface area contributed by atoms with Crippen LogP contribution in [0.15, 0.2) is 128 Å². The highest BCUT2D eigenvalue weighted by Crippen LogP contribution is 2.49. The van der Waals surface area contributed by atoms with Crippen LogP contribution < -0.4 is 9.13 Å². The van der Waals surface area contributed by atoms with Gasteiger partial charge in [0.2, 0.25) is 11.4 Å².